The molecule has 420 valence electrons. The third-order valence-electron chi connectivity index (χ3n) is 23.1. The molecule has 0 bridgehead atoms. The Morgan fingerprint density at radius 3 is 1.60 bits per heavy atom. The van der Waals surface area contributed by atoms with Crippen LogP contribution in [0.25, 0.3) is 12.2 Å². The number of benzene rings is 2. The number of aromatic nitrogens is 4. The highest BCUT2D eigenvalue weighted by molar-refractivity contribution is 5.90. The van der Waals surface area contributed by atoms with Crippen LogP contribution in [0.15, 0.2) is 72.1 Å². The molecule has 2 aromatic heterocycles. The Morgan fingerprint density at radius 1 is 0.679 bits per heavy atom. The van der Waals surface area contributed by atoms with Gasteiger partial charge in [-0.05, 0) is 135 Å². The molecule has 6 saturated carbocycles. The Balaban J connectivity index is 0.000000165. The minimum absolute atomic E-state index is 0.00609. The highest BCUT2D eigenvalue weighted by Gasteiger charge is 2.78. The molecule has 0 radical (unpaired) electrons. The van der Waals surface area contributed by atoms with Crippen molar-refractivity contribution in [3.8, 4) is 0 Å². The first kappa shape index (κ1) is 55.2. The first-order valence-corrected chi connectivity index (χ1v) is 29.1. The largest absolute Gasteiger partial charge is 0.390 e. The second kappa shape index (κ2) is 18.9. The van der Waals surface area contributed by atoms with Gasteiger partial charge in [0, 0.05) is 44.6 Å². The van der Waals surface area contributed by atoms with E-state index in [2.05, 4.69) is 95.6 Å². The number of aliphatic hydroxyl groups is 6. The summed E-state index contributed by atoms with van der Waals surface area (Å²) < 4.78 is 39.6. The minimum Gasteiger partial charge on any atom is -0.390 e. The lowest BCUT2D eigenvalue weighted by Crippen LogP contribution is -2.70. The lowest BCUT2D eigenvalue weighted by Gasteiger charge is -2.63. The van der Waals surface area contributed by atoms with Gasteiger partial charge in [0.2, 0.25) is 0 Å². The molecule has 8 aliphatic carbocycles. The van der Waals surface area contributed by atoms with Gasteiger partial charge in [0.05, 0.1) is 30.6 Å². The van der Waals surface area contributed by atoms with Crippen molar-refractivity contribution in [2.24, 2.45) is 57.2 Å². The Kier molecular flexibility index (Phi) is 13.4. The fraction of sp³-hybridized carbons (Fsp3) is 0.625. The van der Waals surface area contributed by atoms with E-state index in [0.717, 1.165) is 52.1 Å². The standard InChI is InChI=1S/2C32H41FN2O4/c1-5-20-6-8-21(9-7-20)17-35-26-13-23-10-11-24-25-12-19(2)32(39,28(38)18-36)30(25,4)15-27(37)31(24,33)29(23,3)14-22(26)16-34-35;1-5-20-6-8-21(9-7-20)16-35-17-22-14-29(3)23(13-26(22)34-35)10-11-24-25-12-19(2)32(39,28(38)18-36)30(25,4)15-27(37)31(24,29)33/h6-9,13,16,19,24-25,27,36-37,39H,5,10-12,14-15,17-18H2,1-4H3;6-9,13,17,19,24-25,27,36-37,39H,5,10-12,14-16,18H2,1-4H3/p+1/t2*19-,24+,25+,27+,29+,30+,31+,32+/m11/s1. The molecule has 0 spiro atoms. The molecule has 0 aliphatic heterocycles. The Bertz CT molecular complexity index is 3080. The number of ketones is 2. The number of aryl methyl sites for hydroxylation is 2. The van der Waals surface area contributed by atoms with Crippen LogP contribution in [-0.2, 0) is 48.4 Å². The van der Waals surface area contributed by atoms with Crippen LogP contribution >= 0.6 is 0 Å². The number of aliphatic hydroxyl groups excluding tert-OH is 4. The number of alkyl halides is 2. The topological polar surface area (TPSA) is 193 Å². The summed E-state index contributed by atoms with van der Waals surface area (Å²) >= 11 is 0. The van der Waals surface area contributed by atoms with Gasteiger partial charge >= 0.3 is 0 Å². The number of halogens is 2. The van der Waals surface area contributed by atoms with Crippen molar-refractivity contribution in [2.45, 2.75) is 180 Å². The summed E-state index contributed by atoms with van der Waals surface area (Å²) in [5.74, 6) is -3.59. The van der Waals surface area contributed by atoms with E-state index in [4.69, 9.17) is 0 Å². The van der Waals surface area contributed by atoms with Gasteiger partial charge in [-0.25, -0.2) is 8.78 Å². The molecule has 4 aromatic rings. The van der Waals surface area contributed by atoms with Crippen molar-refractivity contribution in [1.82, 2.24) is 14.9 Å². The molecule has 0 amide bonds. The van der Waals surface area contributed by atoms with Crippen molar-refractivity contribution >= 4 is 23.7 Å². The van der Waals surface area contributed by atoms with Crippen LogP contribution in [0.2, 0.25) is 0 Å². The number of hydrogen-bond acceptors (Lipinski definition) is 9. The molecule has 0 unspecified atom stereocenters. The number of hydrogen-bond donors (Lipinski definition) is 7. The van der Waals surface area contributed by atoms with Gasteiger partial charge in [-0.1, -0.05) is 115 Å². The molecule has 0 saturated heterocycles. The first-order chi connectivity index (χ1) is 36.9. The van der Waals surface area contributed by atoms with Crippen molar-refractivity contribution in [3.63, 3.8) is 0 Å². The maximum absolute atomic E-state index is 17.8. The van der Waals surface area contributed by atoms with E-state index < -0.39 is 105 Å². The normalized spacial score (nSPS) is 40.8. The van der Waals surface area contributed by atoms with Crippen LogP contribution in [0, 0.1) is 57.2 Å². The molecule has 2 heterocycles. The van der Waals surface area contributed by atoms with Gasteiger partial charge in [0.15, 0.2) is 24.3 Å². The number of nitrogens with zero attached hydrogens (tertiary/aromatic N) is 3. The number of allylic oxidation sites excluding steroid dienone is 2. The Labute approximate surface area is 458 Å². The zero-order valence-corrected chi connectivity index (χ0v) is 47.0. The fourth-order valence-corrected chi connectivity index (χ4v) is 18.7. The zero-order chi connectivity index (χ0) is 55.9. The average molecular weight is 1070 g/mol. The van der Waals surface area contributed by atoms with Crippen molar-refractivity contribution in [3.05, 3.63) is 117 Å². The smallest absolute Gasteiger partial charge is 0.199 e. The number of rotatable bonds is 10. The fourth-order valence-electron chi connectivity index (χ4n) is 18.7. The molecule has 8 aliphatic rings. The minimum atomic E-state index is -1.90. The van der Waals surface area contributed by atoms with Crippen LogP contribution in [0.5, 0.6) is 0 Å². The van der Waals surface area contributed by atoms with Crippen LogP contribution in [-0.4, -0.2) is 105 Å². The monoisotopic (exact) mass is 1070 g/mol. The summed E-state index contributed by atoms with van der Waals surface area (Å²) in [6.07, 6.45) is 11.9. The van der Waals surface area contributed by atoms with Gasteiger partial charge in [-0.15, -0.1) is 4.68 Å². The number of aromatic amines is 1. The quantitative estimate of drug-likeness (QED) is 0.0772. The van der Waals surface area contributed by atoms with Crippen molar-refractivity contribution < 1.29 is 53.7 Å². The lowest BCUT2D eigenvalue weighted by atomic mass is 9.43. The van der Waals surface area contributed by atoms with Gasteiger partial charge in [-0.2, -0.15) is 10.2 Å². The van der Waals surface area contributed by atoms with E-state index in [0.29, 0.717) is 64.5 Å². The number of nitrogens with one attached hydrogen (secondary N) is 1. The van der Waals surface area contributed by atoms with Crippen LogP contribution in [0.3, 0.4) is 0 Å². The summed E-state index contributed by atoms with van der Waals surface area (Å²) in [5, 5.41) is 74.2. The summed E-state index contributed by atoms with van der Waals surface area (Å²) in [4.78, 5) is 25.7. The van der Waals surface area contributed by atoms with Crippen LogP contribution < -0.4 is 4.68 Å². The number of fused-ring (bicyclic) bond motifs is 12. The van der Waals surface area contributed by atoms with E-state index in [9.17, 15) is 40.2 Å². The Hall–Kier alpha value is -4.70. The number of H-pyrrole nitrogens is 1. The van der Waals surface area contributed by atoms with Crippen LogP contribution in [0.1, 0.15) is 152 Å². The van der Waals surface area contributed by atoms with Gasteiger partial charge in [0.25, 0.3) is 0 Å². The van der Waals surface area contributed by atoms with Crippen molar-refractivity contribution in [1.29, 1.82) is 0 Å². The number of carbonyl (C=O) groups excluding carboxylic acids is 2. The lowest BCUT2D eigenvalue weighted by molar-refractivity contribution is -0.742. The summed E-state index contributed by atoms with van der Waals surface area (Å²) in [5.41, 5.74) is -0.112. The van der Waals surface area contributed by atoms with E-state index in [1.165, 1.54) is 16.7 Å². The molecular weight excluding hydrogens is 991 g/mol. The molecule has 12 nitrogen and oxygen atoms in total. The van der Waals surface area contributed by atoms with E-state index in [1.807, 2.05) is 52.4 Å². The van der Waals surface area contributed by atoms with Gasteiger partial charge in [-0.3, -0.25) is 14.3 Å². The highest BCUT2D eigenvalue weighted by atomic mass is 19.1. The van der Waals surface area contributed by atoms with Gasteiger partial charge < -0.3 is 30.6 Å². The maximum atomic E-state index is 17.8. The van der Waals surface area contributed by atoms with E-state index in [-0.39, 0.29) is 24.7 Å². The summed E-state index contributed by atoms with van der Waals surface area (Å²) in [6.45, 7) is 15.3. The van der Waals surface area contributed by atoms with Gasteiger partial charge in [0.1, 0.15) is 41.4 Å². The molecule has 2 aromatic carbocycles. The number of Topliss-reactive ketones (excluding diaryl/α,β-unsaturated/α-hetero) is 2. The third kappa shape index (κ3) is 7.39. The SMILES string of the molecule is CCc1ccc(C[n+]2cc3c([nH]2)C=C2CC[C@H]4[C@@H]5C[C@@H](C)[C@](O)(C(=O)CO)[C@@]5(C)C[C@H](O)[C@]4(F)[C@@]2(C)C3)cc1.CCc1ccc(Cn2ncc3c2C=C2CC[C@H]4[C@@H]5C[C@@H](C)[C@](O)(C(=O)CO)[C@@]5(C)C[C@H](O)[C@]4(F)[C@@]2(C)C3)cc1. The molecule has 12 rings (SSSR count). The number of carbonyl (C=O) groups is 2. The third-order valence-corrected chi connectivity index (χ3v) is 23.1. The summed E-state index contributed by atoms with van der Waals surface area (Å²) in [6, 6.07) is 17.2. The second-order valence-corrected chi connectivity index (χ2v) is 26.5. The zero-order valence-electron chi connectivity index (χ0n) is 47.0. The summed E-state index contributed by atoms with van der Waals surface area (Å²) in [7, 11) is 0. The Morgan fingerprint density at radius 2 is 1.13 bits per heavy atom. The average Bonchev–Trinajstić information content (AvgIpc) is 3.31. The predicted molar refractivity (Wildman–Crippen MR) is 292 cm³/mol. The second-order valence-electron chi connectivity index (χ2n) is 26.5. The van der Waals surface area contributed by atoms with Crippen molar-refractivity contribution in [2.75, 3.05) is 13.2 Å². The molecule has 78 heavy (non-hydrogen) atoms. The first-order valence-electron chi connectivity index (χ1n) is 29.1. The predicted octanol–water partition coefficient (Wildman–Crippen LogP) is 7.97. The highest BCUT2D eigenvalue weighted by Crippen LogP contribution is 2.73. The molecular formula is C64H83F2N4O8+. The molecule has 14 heteroatoms. The van der Waals surface area contributed by atoms with E-state index >= 15 is 8.78 Å². The maximum Gasteiger partial charge on any atom is 0.199 e. The van der Waals surface area contributed by atoms with E-state index in [1.54, 1.807) is 0 Å². The van der Waals surface area contributed by atoms with Crippen LogP contribution in [0.4, 0.5) is 8.78 Å². The molecule has 7 N–H and O–H groups in total. The molecule has 16 atom stereocenters. The molecule has 6 fully saturated rings.